The molecular weight excluding hydrogens is 180 g/mol. The van der Waals surface area contributed by atoms with Crippen LogP contribution in [-0.2, 0) is 12.3 Å². The van der Waals surface area contributed by atoms with Gasteiger partial charge in [-0.15, -0.1) is 6.58 Å². The minimum atomic E-state index is -1.34. The normalized spacial score (nSPS) is 34.3. The van der Waals surface area contributed by atoms with Gasteiger partial charge in [0.2, 0.25) is 0 Å². The summed E-state index contributed by atoms with van der Waals surface area (Å²) in [7, 11) is -2.62. The van der Waals surface area contributed by atoms with E-state index in [4.69, 9.17) is 12.3 Å². The molecule has 1 saturated heterocycles. The number of allylic oxidation sites excluding steroid dienone is 1. The van der Waals surface area contributed by atoms with Gasteiger partial charge in [-0.3, -0.25) is 0 Å². The molecule has 0 aromatic heterocycles. The lowest BCUT2D eigenvalue weighted by atomic mass is 10.5. The molecule has 1 heterocycles. The van der Waals surface area contributed by atoms with Crippen LogP contribution in [-0.4, -0.2) is 29.3 Å². The van der Waals surface area contributed by atoms with Crippen molar-refractivity contribution in [2.45, 2.75) is 12.5 Å². The SMILES string of the molecule is C=CC(C)[SiH]1O[SiH2]O[SiH2]O1. The standard InChI is InChI=1S/C4H12O3Si3/c1-3-4(2)10-6-8-5-9-7-10/h3-4,10H,1,8-9H2,2H3. The molecule has 0 spiro atoms. The van der Waals surface area contributed by atoms with Gasteiger partial charge in [-0.1, -0.05) is 13.0 Å². The second kappa shape index (κ2) is 4.21. The predicted octanol–water partition coefficient (Wildman–Crippen LogP) is -1.16. The van der Waals surface area contributed by atoms with Crippen LogP contribution in [0.2, 0.25) is 5.54 Å². The molecule has 6 heteroatoms. The minimum absolute atomic E-state index is 0.434. The largest absolute Gasteiger partial charge is 0.425 e. The fourth-order valence-corrected chi connectivity index (χ4v) is 8.48. The lowest BCUT2D eigenvalue weighted by molar-refractivity contribution is 0.318. The molecule has 0 bridgehead atoms. The van der Waals surface area contributed by atoms with Crippen LogP contribution >= 0.6 is 0 Å². The van der Waals surface area contributed by atoms with Crippen molar-refractivity contribution in [2.24, 2.45) is 0 Å². The van der Waals surface area contributed by atoms with E-state index in [1.165, 1.54) is 0 Å². The monoisotopic (exact) mass is 192 g/mol. The first-order valence-corrected chi connectivity index (χ1v) is 7.20. The average molecular weight is 192 g/mol. The van der Waals surface area contributed by atoms with Gasteiger partial charge < -0.3 is 12.3 Å². The van der Waals surface area contributed by atoms with Gasteiger partial charge in [0.1, 0.15) is 0 Å². The summed E-state index contributed by atoms with van der Waals surface area (Å²) in [6.07, 6.45) is 1.91. The first-order valence-electron chi connectivity index (χ1n) is 3.28. The van der Waals surface area contributed by atoms with Gasteiger partial charge in [0.25, 0.3) is 20.0 Å². The van der Waals surface area contributed by atoms with E-state index in [1.807, 2.05) is 6.08 Å². The van der Waals surface area contributed by atoms with E-state index in [0.717, 1.165) is 0 Å². The first kappa shape index (κ1) is 8.37. The molecule has 0 aliphatic carbocycles. The molecule has 0 amide bonds. The highest BCUT2D eigenvalue weighted by molar-refractivity contribution is 6.62. The van der Waals surface area contributed by atoms with E-state index >= 15 is 0 Å². The molecule has 1 unspecified atom stereocenters. The van der Waals surface area contributed by atoms with Crippen LogP contribution in [0.4, 0.5) is 0 Å². The maximum atomic E-state index is 5.43. The third kappa shape index (κ3) is 2.15. The molecule has 0 aromatic carbocycles. The Balaban J connectivity index is 2.30. The summed E-state index contributed by atoms with van der Waals surface area (Å²) in [5, 5.41) is 0. The van der Waals surface area contributed by atoms with Crippen molar-refractivity contribution in [3.63, 3.8) is 0 Å². The molecule has 0 radical (unpaired) electrons. The summed E-state index contributed by atoms with van der Waals surface area (Å²) >= 11 is 0. The van der Waals surface area contributed by atoms with Gasteiger partial charge in [-0.05, 0) is 0 Å². The Kier molecular flexibility index (Phi) is 3.52. The van der Waals surface area contributed by atoms with Crippen molar-refractivity contribution in [3.05, 3.63) is 12.7 Å². The van der Waals surface area contributed by atoms with E-state index in [2.05, 4.69) is 13.5 Å². The molecule has 10 heavy (non-hydrogen) atoms. The average Bonchev–Trinajstić information content (AvgIpc) is 2.05. The third-order valence-corrected chi connectivity index (χ3v) is 7.61. The van der Waals surface area contributed by atoms with Crippen molar-refractivity contribution in [2.75, 3.05) is 0 Å². The van der Waals surface area contributed by atoms with Gasteiger partial charge in [-0.25, -0.2) is 0 Å². The maximum absolute atomic E-state index is 5.43. The third-order valence-electron chi connectivity index (χ3n) is 1.43. The fraction of sp³-hybridized carbons (Fsp3) is 0.500. The summed E-state index contributed by atoms with van der Waals surface area (Å²) < 4.78 is 16.0. The Bertz CT molecular complexity index is 114. The van der Waals surface area contributed by atoms with E-state index < -0.39 is 29.3 Å². The minimum Gasteiger partial charge on any atom is -0.425 e. The Morgan fingerprint density at radius 3 is 2.60 bits per heavy atom. The van der Waals surface area contributed by atoms with Crippen molar-refractivity contribution in [1.29, 1.82) is 0 Å². The summed E-state index contributed by atoms with van der Waals surface area (Å²) in [4.78, 5) is 0. The van der Waals surface area contributed by atoms with Crippen molar-refractivity contribution in [1.82, 2.24) is 0 Å². The van der Waals surface area contributed by atoms with Crippen LogP contribution in [0.1, 0.15) is 6.92 Å². The number of hydrogen-bond donors (Lipinski definition) is 0. The second-order valence-electron chi connectivity index (χ2n) is 2.24. The van der Waals surface area contributed by atoms with Crippen LogP contribution in [0.3, 0.4) is 0 Å². The van der Waals surface area contributed by atoms with Crippen molar-refractivity contribution in [3.8, 4) is 0 Å². The highest BCUT2D eigenvalue weighted by atomic mass is 28.4. The molecule has 1 aliphatic rings. The van der Waals surface area contributed by atoms with E-state index in [9.17, 15) is 0 Å². The molecular formula is C4H12O3Si3. The zero-order valence-electron chi connectivity index (χ0n) is 6.08. The highest BCUT2D eigenvalue weighted by Crippen LogP contribution is 2.13. The Morgan fingerprint density at radius 1 is 1.50 bits per heavy atom. The summed E-state index contributed by atoms with van der Waals surface area (Å²) in [5.41, 5.74) is 0.434. The zero-order chi connectivity index (χ0) is 7.40. The number of rotatable bonds is 2. The van der Waals surface area contributed by atoms with Gasteiger partial charge in [0.15, 0.2) is 0 Å². The molecule has 58 valence electrons. The van der Waals surface area contributed by atoms with Crippen LogP contribution in [0.15, 0.2) is 12.7 Å². The van der Waals surface area contributed by atoms with Gasteiger partial charge >= 0.3 is 9.28 Å². The van der Waals surface area contributed by atoms with Crippen LogP contribution in [0.25, 0.3) is 0 Å². The second-order valence-corrected chi connectivity index (χ2v) is 8.80. The highest BCUT2D eigenvalue weighted by Gasteiger charge is 2.22. The Hall–Kier alpha value is 0.271. The summed E-state index contributed by atoms with van der Waals surface area (Å²) in [6, 6.07) is 0. The lowest BCUT2D eigenvalue weighted by Crippen LogP contribution is -2.37. The maximum Gasteiger partial charge on any atom is 0.309 e. The Labute approximate surface area is 67.3 Å². The lowest BCUT2D eigenvalue weighted by Gasteiger charge is -2.24. The zero-order valence-corrected chi connectivity index (χ0v) is 10.1. The molecule has 0 aromatic rings. The van der Waals surface area contributed by atoms with Crippen LogP contribution in [0.5, 0.6) is 0 Å². The first-order chi connectivity index (χ1) is 4.84. The quantitative estimate of drug-likeness (QED) is 0.408. The summed E-state index contributed by atoms with van der Waals surface area (Å²) in [5.74, 6) is 0. The van der Waals surface area contributed by atoms with E-state index in [0.29, 0.717) is 5.54 Å². The Morgan fingerprint density at radius 2 is 2.10 bits per heavy atom. The smallest absolute Gasteiger partial charge is 0.309 e. The van der Waals surface area contributed by atoms with Gasteiger partial charge in [-0.2, -0.15) is 0 Å². The number of hydrogen-bond acceptors (Lipinski definition) is 3. The molecule has 0 N–H and O–H groups in total. The van der Waals surface area contributed by atoms with Crippen LogP contribution < -0.4 is 0 Å². The van der Waals surface area contributed by atoms with Crippen LogP contribution in [0, 0.1) is 0 Å². The molecule has 0 saturated carbocycles. The molecule has 1 fully saturated rings. The van der Waals surface area contributed by atoms with Crippen molar-refractivity contribution < 1.29 is 12.3 Å². The molecule has 1 atom stereocenters. The molecule has 1 aliphatic heterocycles. The van der Waals surface area contributed by atoms with Gasteiger partial charge in [0, 0.05) is 5.54 Å². The molecule has 3 nitrogen and oxygen atoms in total. The van der Waals surface area contributed by atoms with E-state index in [1.54, 1.807) is 0 Å². The van der Waals surface area contributed by atoms with Gasteiger partial charge in [0.05, 0.1) is 0 Å². The molecule has 1 rings (SSSR count). The predicted molar refractivity (Wildman–Crippen MR) is 47.1 cm³/mol. The fourth-order valence-electron chi connectivity index (χ4n) is 0.727. The van der Waals surface area contributed by atoms with E-state index in [-0.39, 0.29) is 0 Å². The van der Waals surface area contributed by atoms with Crippen molar-refractivity contribution >= 4 is 29.3 Å². The topological polar surface area (TPSA) is 27.7 Å². The summed E-state index contributed by atoms with van der Waals surface area (Å²) in [6.45, 7) is 5.80.